The summed E-state index contributed by atoms with van der Waals surface area (Å²) in [5, 5.41) is 30.7. The van der Waals surface area contributed by atoms with Gasteiger partial charge in [-0.2, -0.15) is 13.5 Å². The van der Waals surface area contributed by atoms with Gasteiger partial charge in [0.25, 0.3) is 17.4 Å². The maximum atomic E-state index is 13.5. The number of hydrogen-bond acceptors (Lipinski definition) is 14. The molecule has 1 saturated heterocycles. The maximum Gasteiger partial charge on any atom is 0.418 e. The van der Waals surface area contributed by atoms with Gasteiger partial charge in [-0.3, -0.25) is 19.6 Å². The number of nitrogens with two attached hydrogens (primary N) is 2. The monoisotopic (exact) mass is 748 g/mol. The molecule has 1 aromatic heterocycles. The summed E-state index contributed by atoms with van der Waals surface area (Å²) in [7, 11) is -5.03. The molecule has 3 saturated carbocycles. The van der Waals surface area contributed by atoms with Gasteiger partial charge in [0, 0.05) is 22.0 Å². The smallest absolute Gasteiger partial charge is 0.418 e. The molecule has 1 unspecified atom stereocenters. The number of carboxylic acids is 1. The van der Waals surface area contributed by atoms with E-state index in [1.807, 2.05) is 6.07 Å². The van der Waals surface area contributed by atoms with Crippen LogP contribution in [0, 0.1) is 5.41 Å². The van der Waals surface area contributed by atoms with E-state index in [1.165, 1.54) is 26.2 Å². The Balaban J connectivity index is 1.18. The van der Waals surface area contributed by atoms with Gasteiger partial charge in [-0.25, -0.2) is 9.78 Å². The lowest BCUT2D eigenvalue weighted by Gasteiger charge is -2.52. The molecule has 0 spiro atoms. The molecular weight excluding hydrogens is 709 g/mol. The molecule has 51 heavy (non-hydrogen) atoms. The Kier molecular flexibility index (Phi) is 9.06. The maximum absolute atomic E-state index is 13.5. The molecule has 276 valence electrons. The second kappa shape index (κ2) is 12.7. The molecule has 9 N–H and O–H groups in total. The van der Waals surface area contributed by atoms with Crippen molar-refractivity contribution in [3.05, 3.63) is 40.4 Å². The summed E-state index contributed by atoms with van der Waals surface area (Å²) < 4.78 is 41.9. The molecule has 1 aromatic carbocycles. The number of aryl methyl sites for hydroxylation is 1. The summed E-state index contributed by atoms with van der Waals surface area (Å²) in [5.41, 5.74) is 9.30. The SMILES string of the molecule is CC(O/N=C(\C(=O)N[C@@H]1C(=O)N(OS(=O)(=O)O)C1(C)C)c1csc(N)n1)(C(=O)O)[C@H]1CCc2cc(C(=N)NC34CCC(N)(CC3)CC4)ccc2O1. The number of oxime groups is 1. The van der Waals surface area contributed by atoms with Crippen LogP contribution in [0.1, 0.15) is 82.5 Å². The first-order valence-electron chi connectivity index (χ1n) is 16.2. The van der Waals surface area contributed by atoms with Gasteiger partial charge in [0.05, 0.1) is 5.54 Å². The second-order valence-corrected chi connectivity index (χ2v) is 16.2. The Morgan fingerprint density at radius 2 is 1.88 bits per heavy atom. The van der Waals surface area contributed by atoms with Gasteiger partial charge in [0.1, 0.15) is 23.3 Å². The molecule has 4 fully saturated rings. The van der Waals surface area contributed by atoms with Crippen LogP contribution in [0.5, 0.6) is 5.75 Å². The molecule has 3 heterocycles. The van der Waals surface area contributed by atoms with Gasteiger partial charge >= 0.3 is 16.4 Å². The topological polar surface area (TPSA) is 282 Å². The normalized spacial score (nSPS) is 28.1. The van der Waals surface area contributed by atoms with E-state index in [1.54, 1.807) is 12.1 Å². The molecule has 2 aromatic rings. The van der Waals surface area contributed by atoms with Crippen LogP contribution in [0.3, 0.4) is 0 Å². The second-order valence-electron chi connectivity index (χ2n) is 14.3. The number of anilines is 1. The van der Waals surface area contributed by atoms with Crippen LogP contribution < -0.4 is 26.8 Å². The average molecular weight is 749 g/mol. The number of nitrogens with one attached hydrogen (secondary N) is 3. The van der Waals surface area contributed by atoms with Crippen molar-refractivity contribution in [3.63, 3.8) is 0 Å². The molecule has 2 bridgehead atoms. The first-order valence-corrected chi connectivity index (χ1v) is 18.5. The third-order valence-corrected chi connectivity index (χ3v) is 11.5. The van der Waals surface area contributed by atoms with Crippen molar-refractivity contribution < 1.29 is 46.3 Å². The fourth-order valence-corrected chi connectivity index (χ4v) is 8.07. The highest BCUT2D eigenvalue weighted by atomic mass is 32.3. The van der Waals surface area contributed by atoms with E-state index >= 15 is 0 Å². The first-order chi connectivity index (χ1) is 23.7. The first kappa shape index (κ1) is 36.4. The zero-order valence-electron chi connectivity index (χ0n) is 28.1. The fourth-order valence-electron chi connectivity index (χ4n) is 7.07. The number of nitrogen functional groups attached to an aromatic ring is 1. The molecule has 2 amide bonds. The van der Waals surface area contributed by atoms with E-state index < -0.39 is 57.2 Å². The fraction of sp³-hybridized carbons (Fsp3) is 0.548. The Bertz CT molecular complexity index is 1910. The van der Waals surface area contributed by atoms with E-state index in [-0.39, 0.29) is 28.3 Å². The van der Waals surface area contributed by atoms with Crippen LogP contribution in [0.25, 0.3) is 0 Å². The van der Waals surface area contributed by atoms with Crippen molar-refractivity contribution in [3.8, 4) is 5.75 Å². The molecular formula is C31H40N8O10S2. The molecule has 3 aliphatic carbocycles. The Labute approximate surface area is 297 Å². The number of rotatable bonds is 11. The summed E-state index contributed by atoms with van der Waals surface area (Å²) in [6.07, 6.45) is 5.05. The predicted octanol–water partition coefficient (Wildman–Crippen LogP) is 1.24. The molecule has 18 nitrogen and oxygen atoms in total. The summed E-state index contributed by atoms with van der Waals surface area (Å²) in [4.78, 5) is 48.5. The summed E-state index contributed by atoms with van der Waals surface area (Å²) in [5.74, 6) is -2.73. The van der Waals surface area contributed by atoms with E-state index in [4.69, 9.17) is 31.0 Å². The third-order valence-electron chi connectivity index (χ3n) is 10.5. The Hall–Kier alpha value is -4.37. The van der Waals surface area contributed by atoms with E-state index in [0.717, 1.165) is 55.4 Å². The minimum absolute atomic E-state index is 0.0591. The average Bonchev–Trinajstić information content (AvgIpc) is 3.51. The van der Waals surface area contributed by atoms with Crippen molar-refractivity contribution in [2.75, 3.05) is 5.73 Å². The number of benzene rings is 1. The van der Waals surface area contributed by atoms with Gasteiger partial charge in [-0.1, -0.05) is 5.16 Å². The van der Waals surface area contributed by atoms with Gasteiger partial charge < -0.3 is 36.8 Å². The standard InChI is InChI=1S/C31H40N8O10S2/c1-28(2)22(25(41)39(28)49-51(44,45)46)36-24(40)21(18-15-50-27(33)35-18)38-48-29(3,26(42)43)20-7-5-16-14-17(4-6-19(16)47-20)23(32)37-31-11-8-30(34,9-12-31)10-13-31/h4,6,14-15,20,22H,5,7-13,34H2,1-3H3,(H2,32,37)(H2,33,35)(H,36,40)(H,42,43)(H,44,45,46)/b38-21-/t20-,22-,29?,30?,31?/m1/s1. The molecule has 0 radical (unpaired) electrons. The van der Waals surface area contributed by atoms with Crippen LogP contribution >= 0.6 is 11.3 Å². The number of aromatic nitrogens is 1. The van der Waals surface area contributed by atoms with Crippen molar-refractivity contribution in [1.82, 2.24) is 20.7 Å². The van der Waals surface area contributed by atoms with Crippen LogP contribution in [-0.4, -0.2) is 91.8 Å². The van der Waals surface area contributed by atoms with Gasteiger partial charge in [0.15, 0.2) is 16.9 Å². The molecule has 20 heteroatoms. The van der Waals surface area contributed by atoms with Crippen molar-refractivity contribution >= 4 is 56.2 Å². The number of hydrogen-bond donors (Lipinski definition) is 7. The predicted molar refractivity (Wildman–Crippen MR) is 182 cm³/mol. The highest BCUT2D eigenvalue weighted by molar-refractivity contribution is 7.80. The van der Waals surface area contributed by atoms with Gasteiger partial charge in [0.2, 0.25) is 0 Å². The number of ether oxygens (including phenoxy) is 1. The summed E-state index contributed by atoms with van der Waals surface area (Å²) >= 11 is 0.966. The molecule has 5 aliphatic rings. The van der Waals surface area contributed by atoms with Crippen LogP contribution in [0.15, 0.2) is 28.7 Å². The highest BCUT2D eigenvalue weighted by Crippen LogP contribution is 2.45. The number of carbonyl (C=O) groups excluding carboxylic acids is 2. The summed E-state index contributed by atoms with van der Waals surface area (Å²) in [6, 6.07) is 3.94. The lowest BCUT2D eigenvalue weighted by atomic mass is 9.62. The lowest BCUT2D eigenvalue weighted by molar-refractivity contribution is -0.218. The van der Waals surface area contributed by atoms with E-state index in [9.17, 15) is 27.9 Å². The number of amidine groups is 1. The molecule has 3 atom stereocenters. The van der Waals surface area contributed by atoms with Gasteiger partial charge in [-0.15, -0.1) is 15.6 Å². The molecule has 2 aliphatic heterocycles. The van der Waals surface area contributed by atoms with Crippen LogP contribution in [-0.2, 0) is 40.3 Å². The van der Waals surface area contributed by atoms with E-state index in [0.29, 0.717) is 28.6 Å². The molecule has 7 rings (SSSR count). The van der Waals surface area contributed by atoms with Crippen molar-refractivity contribution in [2.45, 2.75) is 107 Å². The van der Waals surface area contributed by atoms with Crippen LogP contribution in [0.4, 0.5) is 5.13 Å². The number of thiazole rings is 1. The lowest BCUT2D eigenvalue weighted by Crippen LogP contribution is -2.76. The number of carboxylic acid groups (broad SMARTS) is 1. The number of fused-ring (bicyclic) bond motifs is 4. The van der Waals surface area contributed by atoms with Gasteiger partial charge in [-0.05, 0) is 95.9 Å². The minimum Gasteiger partial charge on any atom is -0.485 e. The largest absolute Gasteiger partial charge is 0.485 e. The number of aliphatic carboxylic acids is 1. The number of amides is 2. The van der Waals surface area contributed by atoms with E-state index in [2.05, 4.69) is 25.1 Å². The quantitative estimate of drug-likeness (QED) is 0.0560. The minimum atomic E-state index is -5.03. The number of carbonyl (C=O) groups is 3. The third kappa shape index (κ3) is 6.97. The zero-order chi connectivity index (χ0) is 37.1. The number of nitrogens with zero attached hydrogens (tertiary/aromatic N) is 3. The zero-order valence-corrected chi connectivity index (χ0v) is 29.7. The summed E-state index contributed by atoms with van der Waals surface area (Å²) in [6.45, 7) is 3.99. The Morgan fingerprint density at radius 1 is 1.22 bits per heavy atom. The Morgan fingerprint density at radius 3 is 2.45 bits per heavy atom. The number of hydroxylamine groups is 2. The highest BCUT2D eigenvalue weighted by Gasteiger charge is 2.58. The van der Waals surface area contributed by atoms with Crippen LogP contribution in [0.2, 0.25) is 0 Å². The van der Waals surface area contributed by atoms with Crippen molar-refractivity contribution in [1.29, 1.82) is 5.41 Å². The number of β-lactam (4-membered cyclic amide) rings is 1. The van der Waals surface area contributed by atoms with Crippen molar-refractivity contribution in [2.24, 2.45) is 10.9 Å².